The van der Waals surface area contributed by atoms with Crippen molar-refractivity contribution < 1.29 is 4.79 Å². The molecule has 0 spiro atoms. The average Bonchev–Trinajstić information content (AvgIpc) is 2.43. The van der Waals surface area contributed by atoms with Gasteiger partial charge in [-0.05, 0) is 45.7 Å². The highest BCUT2D eigenvalue weighted by molar-refractivity contribution is 5.99. The second-order valence-corrected chi connectivity index (χ2v) is 4.48. The quantitative estimate of drug-likeness (QED) is 0.624. The molecule has 3 aromatic rings. The van der Waals surface area contributed by atoms with Crippen molar-refractivity contribution in [3.63, 3.8) is 0 Å². The maximum Gasteiger partial charge on any atom is 0.198 e. The molecule has 0 aliphatic heterocycles. The zero-order valence-corrected chi connectivity index (χ0v) is 10.0. The standard InChI is InChI=1S/C17H13O/c18-10-4-9-13-7-3-8-16-11-14-5-1-2-6-15(14)12-17(13)16/h1-3,5-8,11-12H,4,9H2. The molecule has 0 bridgehead atoms. The molecule has 3 rings (SSSR count). The Morgan fingerprint density at radius 2 is 1.56 bits per heavy atom. The van der Waals surface area contributed by atoms with Crippen LogP contribution < -0.4 is 0 Å². The van der Waals surface area contributed by atoms with Gasteiger partial charge >= 0.3 is 0 Å². The predicted octanol–water partition coefficient (Wildman–Crippen LogP) is 4.04. The van der Waals surface area contributed by atoms with Gasteiger partial charge in [0.05, 0.1) is 0 Å². The van der Waals surface area contributed by atoms with E-state index in [0.717, 1.165) is 6.42 Å². The topological polar surface area (TPSA) is 17.1 Å². The van der Waals surface area contributed by atoms with Gasteiger partial charge in [0, 0.05) is 6.42 Å². The van der Waals surface area contributed by atoms with Gasteiger partial charge in [0.25, 0.3) is 0 Å². The maximum atomic E-state index is 10.4. The van der Waals surface area contributed by atoms with E-state index in [1.807, 2.05) is 6.29 Å². The fourth-order valence-corrected chi connectivity index (χ4v) is 2.44. The number of benzene rings is 3. The first-order valence-corrected chi connectivity index (χ1v) is 6.14. The Hall–Kier alpha value is -2.15. The molecule has 0 fully saturated rings. The second-order valence-electron chi connectivity index (χ2n) is 4.48. The molecule has 0 N–H and O–H groups in total. The first-order valence-electron chi connectivity index (χ1n) is 6.14. The van der Waals surface area contributed by atoms with Crippen LogP contribution in [-0.2, 0) is 11.2 Å². The van der Waals surface area contributed by atoms with E-state index in [-0.39, 0.29) is 0 Å². The molecule has 3 aromatic carbocycles. The SMILES string of the molecule is O=[C]CCc1cccc2cc3ccccc3cc12. The molecule has 0 aliphatic carbocycles. The van der Waals surface area contributed by atoms with Gasteiger partial charge in [0.15, 0.2) is 6.29 Å². The van der Waals surface area contributed by atoms with E-state index in [1.54, 1.807) is 0 Å². The summed E-state index contributed by atoms with van der Waals surface area (Å²) < 4.78 is 0. The molecule has 0 aliphatic rings. The van der Waals surface area contributed by atoms with Crippen molar-refractivity contribution in [2.24, 2.45) is 0 Å². The Kier molecular flexibility index (Phi) is 2.81. The van der Waals surface area contributed by atoms with Crippen LogP contribution in [-0.4, -0.2) is 6.29 Å². The predicted molar refractivity (Wildman–Crippen MR) is 75.5 cm³/mol. The molecular weight excluding hydrogens is 220 g/mol. The van der Waals surface area contributed by atoms with Gasteiger partial charge in [0.2, 0.25) is 0 Å². The third-order valence-electron chi connectivity index (χ3n) is 3.33. The van der Waals surface area contributed by atoms with Crippen LogP contribution in [0.5, 0.6) is 0 Å². The summed E-state index contributed by atoms with van der Waals surface area (Å²) in [7, 11) is 0. The molecule has 0 saturated carbocycles. The van der Waals surface area contributed by atoms with E-state index in [9.17, 15) is 4.79 Å². The summed E-state index contributed by atoms with van der Waals surface area (Å²) in [6.45, 7) is 0. The van der Waals surface area contributed by atoms with Gasteiger partial charge < -0.3 is 0 Å². The molecule has 1 nitrogen and oxygen atoms in total. The minimum Gasteiger partial charge on any atom is -0.291 e. The molecule has 87 valence electrons. The zero-order valence-electron chi connectivity index (χ0n) is 10.0. The first-order chi connectivity index (χ1) is 8.88. The summed E-state index contributed by atoms with van der Waals surface area (Å²) in [4.78, 5) is 10.4. The Balaban J connectivity index is 2.25. The molecule has 0 atom stereocenters. The van der Waals surface area contributed by atoms with Crippen LogP contribution in [0.4, 0.5) is 0 Å². The summed E-state index contributed by atoms with van der Waals surface area (Å²) in [5, 5.41) is 4.97. The Labute approximate surface area is 106 Å². The largest absolute Gasteiger partial charge is 0.291 e. The van der Waals surface area contributed by atoms with Gasteiger partial charge in [-0.1, -0.05) is 42.5 Å². The first kappa shape index (κ1) is 11.0. The number of aryl methyl sites for hydroxylation is 1. The smallest absolute Gasteiger partial charge is 0.198 e. The highest BCUT2D eigenvalue weighted by atomic mass is 16.1. The van der Waals surface area contributed by atoms with E-state index >= 15 is 0 Å². The molecule has 1 radical (unpaired) electrons. The Morgan fingerprint density at radius 3 is 2.33 bits per heavy atom. The average molecular weight is 233 g/mol. The summed E-state index contributed by atoms with van der Waals surface area (Å²) in [6.07, 6.45) is 3.20. The van der Waals surface area contributed by atoms with E-state index in [2.05, 4.69) is 54.6 Å². The Bertz CT molecular complexity index is 713. The van der Waals surface area contributed by atoms with Crippen molar-refractivity contribution >= 4 is 27.8 Å². The van der Waals surface area contributed by atoms with Gasteiger partial charge in [-0.25, -0.2) is 0 Å². The van der Waals surface area contributed by atoms with Crippen molar-refractivity contribution in [2.45, 2.75) is 12.8 Å². The summed E-state index contributed by atoms with van der Waals surface area (Å²) in [5.74, 6) is 0. The summed E-state index contributed by atoms with van der Waals surface area (Å²) >= 11 is 0. The minimum absolute atomic E-state index is 0.464. The highest BCUT2D eigenvalue weighted by Crippen LogP contribution is 2.26. The van der Waals surface area contributed by atoms with Gasteiger partial charge in [0.1, 0.15) is 0 Å². The van der Waals surface area contributed by atoms with Crippen molar-refractivity contribution in [3.8, 4) is 0 Å². The van der Waals surface area contributed by atoms with E-state index < -0.39 is 0 Å². The number of hydrogen-bond acceptors (Lipinski definition) is 1. The molecule has 18 heavy (non-hydrogen) atoms. The molecule has 0 heterocycles. The molecule has 0 saturated heterocycles. The fourth-order valence-electron chi connectivity index (χ4n) is 2.44. The maximum absolute atomic E-state index is 10.4. The van der Waals surface area contributed by atoms with Crippen LogP contribution in [0.1, 0.15) is 12.0 Å². The molecule has 0 unspecified atom stereocenters. The van der Waals surface area contributed by atoms with E-state index in [0.29, 0.717) is 6.42 Å². The van der Waals surface area contributed by atoms with E-state index in [1.165, 1.54) is 27.1 Å². The molecule has 0 aromatic heterocycles. The number of hydrogen-bond donors (Lipinski definition) is 0. The lowest BCUT2D eigenvalue weighted by Crippen LogP contribution is -1.88. The monoisotopic (exact) mass is 233 g/mol. The minimum atomic E-state index is 0.464. The van der Waals surface area contributed by atoms with Crippen LogP contribution >= 0.6 is 0 Å². The summed E-state index contributed by atoms with van der Waals surface area (Å²) in [6, 6.07) is 19.0. The van der Waals surface area contributed by atoms with Crippen molar-refractivity contribution in [1.29, 1.82) is 0 Å². The lowest BCUT2D eigenvalue weighted by molar-refractivity contribution is 0.551. The van der Waals surface area contributed by atoms with E-state index in [4.69, 9.17) is 0 Å². The van der Waals surface area contributed by atoms with Gasteiger partial charge in [-0.2, -0.15) is 0 Å². The second kappa shape index (κ2) is 4.61. The summed E-state index contributed by atoms with van der Waals surface area (Å²) in [5.41, 5.74) is 1.22. The molecule has 1 heteroatoms. The molecule has 0 amide bonds. The lowest BCUT2D eigenvalue weighted by Gasteiger charge is -2.07. The number of carbonyl (C=O) groups excluding carboxylic acids is 1. The highest BCUT2D eigenvalue weighted by Gasteiger charge is 2.02. The number of fused-ring (bicyclic) bond motifs is 2. The van der Waals surface area contributed by atoms with Crippen molar-refractivity contribution in [2.75, 3.05) is 0 Å². The fraction of sp³-hybridized carbons (Fsp3) is 0.118. The van der Waals surface area contributed by atoms with Gasteiger partial charge in [-0.3, -0.25) is 4.79 Å². The van der Waals surface area contributed by atoms with Crippen molar-refractivity contribution in [3.05, 3.63) is 60.2 Å². The van der Waals surface area contributed by atoms with Crippen LogP contribution in [0.3, 0.4) is 0 Å². The normalized spacial score (nSPS) is 10.9. The zero-order chi connectivity index (χ0) is 12.4. The third-order valence-corrected chi connectivity index (χ3v) is 3.33. The third kappa shape index (κ3) is 1.88. The van der Waals surface area contributed by atoms with Crippen molar-refractivity contribution in [1.82, 2.24) is 0 Å². The van der Waals surface area contributed by atoms with Gasteiger partial charge in [-0.15, -0.1) is 0 Å². The van der Waals surface area contributed by atoms with Crippen LogP contribution in [0.2, 0.25) is 0 Å². The molecular formula is C17H13O. The van der Waals surface area contributed by atoms with Crippen LogP contribution in [0, 0.1) is 0 Å². The Morgan fingerprint density at radius 1 is 0.833 bits per heavy atom. The number of rotatable bonds is 3. The van der Waals surface area contributed by atoms with Crippen LogP contribution in [0.25, 0.3) is 21.5 Å². The lowest BCUT2D eigenvalue weighted by atomic mass is 9.97. The van der Waals surface area contributed by atoms with Crippen LogP contribution in [0.15, 0.2) is 54.6 Å².